The van der Waals surface area contributed by atoms with E-state index in [-0.39, 0.29) is 6.10 Å². The van der Waals surface area contributed by atoms with E-state index in [1.165, 1.54) is 0 Å². The van der Waals surface area contributed by atoms with Crippen molar-refractivity contribution in [3.05, 3.63) is 29.3 Å². The summed E-state index contributed by atoms with van der Waals surface area (Å²) >= 11 is 0. The molecular weight excluding hydrogens is 176 g/mol. The fraction of sp³-hybridized carbons (Fsp3) is 0.364. The van der Waals surface area contributed by atoms with Crippen LogP contribution in [0.4, 0.5) is 0 Å². The highest BCUT2D eigenvalue weighted by molar-refractivity contribution is 5.41. The maximum absolute atomic E-state index is 8.74. The predicted octanol–water partition coefficient (Wildman–Crippen LogP) is 1.22. The Hall–Kier alpha value is -1.53. The molecule has 0 aliphatic carbocycles. The smallest absolute Gasteiger partial charge is 0.124 e. The maximum atomic E-state index is 8.74. The zero-order valence-electron chi connectivity index (χ0n) is 8.08. The van der Waals surface area contributed by atoms with Gasteiger partial charge in [0.25, 0.3) is 0 Å². The highest BCUT2D eigenvalue weighted by Crippen LogP contribution is 2.21. The van der Waals surface area contributed by atoms with Crippen LogP contribution in [0.5, 0.6) is 5.75 Å². The Morgan fingerprint density at radius 1 is 1.50 bits per heavy atom. The first-order valence-corrected chi connectivity index (χ1v) is 4.68. The van der Waals surface area contributed by atoms with Gasteiger partial charge in [0.2, 0.25) is 0 Å². The van der Waals surface area contributed by atoms with Crippen LogP contribution in [0.2, 0.25) is 0 Å². The van der Waals surface area contributed by atoms with Crippen molar-refractivity contribution in [2.24, 2.45) is 0 Å². The van der Waals surface area contributed by atoms with E-state index in [2.05, 4.69) is 11.4 Å². The minimum absolute atomic E-state index is 0.266. The lowest BCUT2D eigenvalue weighted by molar-refractivity contribution is 0.141. The summed E-state index contributed by atoms with van der Waals surface area (Å²) in [6.07, 6.45) is 0.266. The van der Waals surface area contributed by atoms with Crippen LogP contribution in [-0.2, 0) is 0 Å². The van der Waals surface area contributed by atoms with Crippen LogP contribution < -0.4 is 10.1 Å². The van der Waals surface area contributed by atoms with Crippen LogP contribution in [0.1, 0.15) is 11.1 Å². The van der Waals surface area contributed by atoms with Gasteiger partial charge in [0.05, 0.1) is 11.6 Å². The van der Waals surface area contributed by atoms with Crippen LogP contribution in [-0.4, -0.2) is 19.2 Å². The van der Waals surface area contributed by atoms with E-state index in [0.29, 0.717) is 5.56 Å². The molecule has 0 spiro atoms. The number of hydrogen-bond acceptors (Lipinski definition) is 3. The maximum Gasteiger partial charge on any atom is 0.124 e. The summed E-state index contributed by atoms with van der Waals surface area (Å²) < 4.78 is 5.71. The highest BCUT2D eigenvalue weighted by Gasteiger charge is 2.18. The third-order valence-corrected chi connectivity index (χ3v) is 2.35. The van der Waals surface area contributed by atoms with Crippen molar-refractivity contribution >= 4 is 0 Å². The number of nitrogens with zero attached hydrogens (tertiary/aromatic N) is 1. The van der Waals surface area contributed by atoms with Crippen molar-refractivity contribution in [3.8, 4) is 11.8 Å². The highest BCUT2D eigenvalue weighted by atomic mass is 16.5. The first-order chi connectivity index (χ1) is 6.79. The Labute approximate surface area is 83.3 Å². The Balaban J connectivity index is 2.18. The third-order valence-electron chi connectivity index (χ3n) is 2.35. The average molecular weight is 188 g/mol. The summed E-state index contributed by atoms with van der Waals surface area (Å²) in [6.45, 7) is 3.79. The lowest BCUT2D eigenvalue weighted by Gasteiger charge is -2.28. The van der Waals surface area contributed by atoms with Crippen LogP contribution in [0.15, 0.2) is 18.2 Å². The minimum Gasteiger partial charge on any atom is -0.487 e. The van der Waals surface area contributed by atoms with Crippen molar-refractivity contribution < 1.29 is 4.74 Å². The Bertz CT molecular complexity index is 377. The second-order valence-corrected chi connectivity index (χ2v) is 3.49. The summed E-state index contributed by atoms with van der Waals surface area (Å²) in [5, 5.41) is 11.9. The lowest BCUT2D eigenvalue weighted by atomic mass is 10.1. The molecule has 1 heterocycles. The van der Waals surface area contributed by atoms with Gasteiger partial charge in [-0.1, -0.05) is 6.07 Å². The second-order valence-electron chi connectivity index (χ2n) is 3.49. The van der Waals surface area contributed by atoms with E-state index in [9.17, 15) is 0 Å². The van der Waals surface area contributed by atoms with Crippen molar-refractivity contribution in [1.82, 2.24) is 5.32 Å². The Morgan fingerprint density at radius 3 is 2.86 bits per heavy atom. The molecule has 1 fully saturated rings. The van der Waals surface area contributed by atoms with Crippen LogP contribution in [0.3, 0.4) is 0 Å². The molecule has 1 N–H and O–H groups in total. The molecule has 1 aliphatic rings. The van der Waals surface area contributed by atoms with Gasteiger partial charge < -0.3 is 10.1 Å². The van der Waals surface area contributed by atoms with Gasteiger partial charge in [-0.2, -0.15) is 5.26 Å². The number of ether oxygens (including phenoxy) is 1. The number of hydrogen-bond donors (Lipinski definition) is 1. The molecule has 1 saturated heterocycles. The molecule has 0 saturated carbocycles. The molecule has 1 aromatic carbocycles. The van der Waals surface area contributed by atoms with Crippen LogP contribution in [0, 0.1) is 18.3 Å². The Kier molecular flexibility index (Phi) is 2.38. The normalized spacial score (nSPS) is 15.7. The largest absolute Gasteiger partial charge is 0.487 e. The molecule has 0 unspecified atom stereocenters. The van der Waals surface area contributed by atoms with E-state index in [4.69, 9.17) is 10.00 Å². The van der Waals surface area contributed by atoms with Gasteiger partial charge in [-0.05, 0) is 24.6 Å². The zero-order chi connectivity index (χ0) is 9.97. The molecule has 0 aromatic heterocycles. The number of rotatable bonds is 2. The van der Waals surface area contributed by atoms with Crippen LogP contribution >= 0.6 is 0 Å². The summed E-state index contributed by atoms with van der Waals surface area (Å²) in [6, 6.07) is 7.63. The van der Waals surface area contributed by atoms with Crippen molar-refractivity contribution in [1.29, 1.82) is 5.26 Å². The van der Waals surface area contributed by atoms with E-state index < -0.39 is 0 Å². The van der Waals surface area contributed by atoms with Crippen molar-refractivity contribution in [2.45, 2.75) is 13.0 Å². The predicted molar refractivity (Wildman–Crippen MR) is 53.2 cm³/mol. The Morgan fingerprint density at radius 2 is 2.29 bits per heavy atom. The third kappa shape index (κ3) is 1.70. The molecule has 1 aliphatic heterocycles. The summed E-state index contributed by atoms with van der Waals surface area (Å²) in [4.78, 5) is 0. The number of aryl methyl sites for hydroxylation is 1. The van der Waals surface area contributed by atoms with Gasteiger partial charge in [-0.15, -0.1) is 0 Å². The quantitative estimate of drug-likeness (QED) is 0.759. The number of benzene rings is 1. The summed E-state index contributed by atoms with van der Waals surface area (Å²) in [5.41, 5.74) is 1.73. The molecule has 0 radical (unpaired) electrons. The second kappa shape index (κ2) is 3.69. The minimum atomic E-state index is 0.266. The number of nitriles is 1. The molecule has 0 bridgehead atoms. The molecular formula is C11H12N2O. The van der Waals surface area contributed by atoms with Gasteiger partial charge in [-0.3, -0.25) is 0 Å². The average Bonchev–Trinajstić information content (AvgIpc) is 2.14. The van der Waals surface area contributed by atoms with E-state index in [1.807, 2.05) is 13.0 Å². The molecule has 0 atom stereocenters. The van der Waals surface area contributed by atoms with Crippen LogP contribution in [0.25, 0.3) is 0 Å². The van der Waals surface area contributed by atoms with E-state index in [0.717, 1.165) is 24.4 Å². The lowest BCUT2D eigenvalue weighted by Crippen LogP contribution is -2.50. The molecule has 2 rings (SSSR count). The van der Waals surface area contributed by atoms with Crippen molar-refractivity contribution in [3.63, 3.8) is 0 Å². The van der Waals surface area contributed by atoms with Gasteiger partial charge in [0.15, 0.2) is 0 Å². The first-order valence-electron chi connectivity index (χ1n) is 4.68. The van der Waals surface area contributed by atoms with E-state index in [1.54, 1.807) is 12.1 Å². The fourth-order valence-corrected chi connectivity index (χ4v) is 1.32. The van der Waals surface area contributed by atoms with Gasteiger partial charge in [-0.25, -0.2) is 0 Å². The molecule has 0 amide bonds. The molecule has 1 aromatic rings. The number of nitrogens with one attached hydrogen (secondary N) is 1. The molecule has 3 heteroatoms. The SMILES string of the molecule is Cc1ccc(C#N)cc1OC1CNC1. The monoisotopic (exact) mass is 188 g/mol. The van der Waals surface area contributed by atoms with E-state index >= 15 is 0 Å². The summed E-state index contributed by atoms with van der Waals surface area (Å²) in [7, 11) is 0. The zero-order valence-corrected chi connectivity index (χ0v) is 8.08. The van der Waals surface area contributed by atoms with Gasteiger partial charge in [0, 0.05) is 13.1 Å². The molecule has 3 nitrogen and oxygen atoms in total. The topological polar surface area (TPSA) is 45.0 Å². The van der Waals surface area contributed by atoms with Gasteiger partial charge >= 0.3 is 0 Å². The first kappa shape index (κ1) is 9.04. The molecule has 14 heavy (non-hydrogen) atoms. The standard InChI is InChI=1S/C11H12N2O/c1-8-2-3-9(5-12)4-11(8)14-10-6-13-7-10/h2-4,10,13H,6-7H2,1H3. The van der Waals surface area contributed by atoms with Gasteiger partial charge in [0.1, 0.15) is 11.9 Å². The van der Waals surface area contributed by atoms with Crippen molar-refractivity contribution in [2.75, 3.05) is 13.1 Å². The molecule has 72 valence electrons. The summed E-state index contributed by atoms with van der Waals surface area (Å²) in [5.74, 6) is 0.829. The fourth-order valence-electron chi connectivity index (χ4n) is 1.32.